The van der Waals surface area contributed by atoms with Crippen molar-refractivity contribution in [1.29, 1.82) is 0 Å². The van der Waals surface area contributed by atoms with E-state index in [0.717, 1.165) is 18.2 Å². The predicted octanol–water partition coefficient (Wildman–Crippen LogP) is 5.86. The second kappa shape index (κ2) is 6.99. The number of nitrogens with one attached hydrogen (secondary N) is 1. The van der Waals surface area contributed by atoms with Crippen molar-refractivity contribution in [3.05, 3.63) is 53.8 Å². The minimum Gasteiger partial charge on any atom is -0.335 e. The van der Waals surface area contributed by atoms with Gasteiger partial charge in [-0.3, -0.25) is 0 Å². The van der Waals surface area contributed by atoms with Gasteiger partial charge in [-0.1, -0.05) is 12.1 Å². The summed E-state index contributed by atoms with van der Waals surface area (Å²) < 4.78 is 120. The average Bonchev–Trinajstić information content (AvgIpc) is 3.02. The van der Waals surface area contributed by atoms with Crippen LogP contribution in [-0.4, -0.2) is 19.9 Å². The Bertz CT molecular complexity index is 1110. The van der Waals surface area contributed by atoms with Crippen LogP contribution in [0.4, 0.5) is 39.5 Å². The molecule has 160 valence electrons. The van der Waals surface area contributed by atoms with E-state index in [4.69, 9.17) is 0 Å². The molecule has 13 heteroatoms. The van der Waals surface area contributed by atoms with Gasteiger partial charge < -0.3 is 4.98 Å². The molecule has 0 spiro atoms. The molecule has 0 atom stereocenters. The molecule has 0 amide bonds. The van der Waals surface area contributed by atoms with E-state index in [9.17, 15) is 39.5 Å². The lowest BCUT2D eigenvalue weighted by Crippen LogP contribution is -2.17. The van der Waals surface area contributed by atoms with E-state index in [-0.39, 0.29) is 0 Å². The molecule has 0 aliphatic carbocycles. The molecule has 3 rings (SSSR count). The standard InChI is InChI=1S/C17H9F9N4/c1-2-5-15(19,20)7-3-4-8(9(18)6-7)12-27-10-11(16(21,22)23)28-14(17(24,25)26)30-13(10)29-12/h2-4,6H,1,5H2,(H,27,28,29,30). The van der Waals surface area contributed by atoms with Gasteiger partial charge in [0.25, 0.3) is 5.92 Å². The van der Waals surface area contributed by atoms with Gasteiger partial charge in [-0.25, -0.2) is 28.1 Å². The molecule has 0 bridgehead atoms. The first kappa shape index (κ1) is 21.6. The summed E-state index contributed by atoms with van der Waals surface area (Å²) in [5.41, 5.74) is -5.25. The molecular weight excluding hydrogens is 431 g/mol. The number of aromatic amines is 1. The molecule has 3 aromatic rings. The molecule has 0 aliphatic rings. The highest BCUT2D eigenvalue weighted by atomic mass is 19.4. The Morgan fingerprint density at radius 3 is 2.13 bits per heavy atom. The summed E-state index contributed by atoms with van der Waals surface area (Å²) >= 11 is 0. The number of H-pyrrole nitrogens is 1. The van der Waals surface area contributed by atoms with Gasteiger partial charge in [0.1, 0.15) is 17.2 Å². The number of hydrogen-bond donors (Lipinski definition) is 1. The Morgan fingerprint density at radius 1 is 0.933 bits per heavy atom. The number of rotatable bonds is 4. The van der Waals surface area contributed by atoms with Crippen molar-refractivity contribution in [1.82, 2.24) is 19.9 Å². The normalized spacial score (nSPS) is 13.1. The predicted molar refractivity (Wildman–Crippen MR) is 85.8 cm³/mol. The maximum absolute atomic E-state index is 14.4. The van der Waals surface area contributed by atoms with Gasteiger partial charge in [0.05, 0.1) is 5.56 Å². The van der Waals surface area contributed by atoms with Crippen molar-refractivity contribution in [2.24, 2.45) is 0 Å². The Balaban J connectivity index is 2.17. The molecule has 0 saturated carbocycles. The van der Waals surface area contributed by atoms with Crippen LogP contribution in [0.5, 0.6) is 0 Å². The number of nitrogens with zero attached hydrogens (tertiary/aromatic N) is 3. The second-order valence-electron chi connectivity index (χ2n) is 6.07. The van der Waals surface area contributed by atoms with Crippen LogP contribution < -0.4 is 0 Å². The van der Waals surface area contributed by atoms with Gasteiger partial charge in [0.2, 0.25) is 5.82 Å². The average molecular weight is 440 g/mol. The molecule has 30 heavy (non-hydrogen) atoms. The quantitative estimate of drug-likeness (QED) is 0.408. The fraction of sp³-hybridized carbons (Fsp3) is 0.235. The van der Waals surface area contributed by atoms with E-state index in [1.807, 2.05) is 4.98 Å². The summed E-state index contributed by atoms with van der Waals surface area (Å²) in [5, 5.41) is 0. The highest BCUT2D eigenvalue weighted by molar-refractivity contribution is 5.78. The van der Waals surface area contributed by atoms with Crippen molar-refractivity contribution >= 4 is 11.2 Å². The van der Waals surface area contributed by atoms with E-state index in [0.29, 0.717) is 6.07 Å². The number of halogens is 9. The largest absolute Gasteiger partial charge is 0.451 e. The molecular formula is C17H9F9N4. The van der Waals surface area contributed by atoms with Crippen LogP contribution in [0.2, 0.25) is 0 Å². The third kappa shape index (κ3) is 3.96. The zero-order valence-electron chi connectivity index (χ0n) is 14.5. The van der Waals surface area contributed by atoms with Crippen molar-refractivity contribution in [2.45, 2.75) is 24.7 Å². The van der Waals surface area contributed by atoms with Gasteiger partial charge in [-0.15, -0.1) is 6.58 Å². The van der Waals surface area contributed by atoms with Gasteiger partial charge in [-0.2, -0.15) is 26.3 Å². The van der Waals surface area contributed by atoms with Crippen LogP contribution in [-0.2, 0) is 18.3 Å². The van der Waals surface area contributed by atoms with Crippen molar-refractivity contribution < 1.29 is 39.5 Å². The SMILES string of the molecule is C=CCC(F)(F)c1ccc(-c2nc3nc(C(F)(F)F)nc(C(F)(F)F)c3[nH]2)c(F)c1. The number of fused-ring (bicyclic) bond motifs is 1. The van der Waals surface area contributed by atoms with Gasteiger partial charge in [-0.05, 0) is 12.1 Å². The summed E-state index contributed by atoms with van der Waals surface area (Å²) in [4.78, 5) is 10.9. The van der Waals surface area contributed by atoms with Gasteiger partial charge >= 0.3 is 12.4 Å². The molecule has 1 aromatic carbocycles. The highest BCUT2D eigenvalue weighted by Crippen LogP contribution is 2.37. The Labute approximate surface area is 161 Å². The monoisotopic (exact) mass is 440 g/mol. The van der Waals surface area contributed by atoms with E-state index < -0.39 is 70.1 Å². The lowest BCUT2D eigenvalue weighted by atomic mass is 10.0. The van der Waals surface area contributed by atoms with Crippen LogP contribution in [0.15, 0.2) is 30.9 Å². The minimum atomic E-state index is -5.31. The molecule has 0 unspecified atom stereocenters. The third-order valence-corrected chi connectivity index (χ3v) is 3.92. The summed E-state index contributed by atoms with van der Waals surface area (Å²) in [6, 6.07) is 2.07. The Kier molecular flexibility index (Phi) is 5.03. The summed E-state index contributed by atoms with van der Waals surface area (Å²) in [5.74, 6) is -7.46. The molecule has 2 heterocycles. The third-order valence-electron chi connectivity index (χ3n) is 3.92. The number of alkyl halides is 8. The van der Waals surface area contributed by atoms with Gasteiger partial charge in [0, 0.05) is 12.0 Å². The van der Waals surface area contributed by atoms with Crippen LogP contribution in [0.25, 0.3) is 22.6 Å². The van der Waals surface area contributed by atoms with E-state index in [2.05, 4.69) is 21.5 Å². The molecule has 0 fully saturated rings. The van der Waals surface area contributed by atoms with Crippen LogP contribution in [0.1, 0.15) is 23.5 Å². The lowest BCUT2D eigenvalue weighted by Gasteiger charge is -2.15. The Morgan fingerprint density at radius 2 is 1.60 bits per heavy atom. The summed E-state index contributed by atoms with van der Waals surface area (Å²) in [6.45, 7) is 3.16. The van der Waals surface area contributed by atoms with Crippen molar-refractivity contribution in [3.8, 4) is 11.4 Å². The molecule has 2 aromatic heterocycles. The smallest absolute Gasteiger partial charge is 0.335 e. The highest BCUT2D eigenvalue weighted by Gasteiger charge is 2.42. The molecule has 1 N–H and O–H groups in total. The first-order chi connectivity index (χ1) is 13.7. The van der Waals surface area contributed by atoms with Crippen molar-refractivity contribution in [3.63, 3.8) is 0 Å². The molecule has 0 aliphatic heterocycles. The van der Waals surface area contributed by atoms with E-state index >= 15 is 0 Å². The number of aromatic nitrogens is 4. The first-order valence-corrected chi connectivity index (χ1v) is 7.95. The van der Waals surface area contributed by atoms with Crippen LogP contribution >= 0.6 is 0 Å². The molecule has 4 nitrogen and oxygen atoms in total. The zero-order chi connectivity index (χ0) is 22.5. The second-order valence-corrected chi connectivity index (χ2v) is 6.07. The fourth-order valence-electron chi connectivity index (χ4n) is 2.59. The number of imidazole rings is 1. The van der Waals surface area contributed by atoms with Crippen LogP contribution in [0.3, 0.4) is 0 Å². The van der Waals surface area contributed by atoms with Crippen LogP contribution in [0, 0.1) is 5.82 Å². The topological polar surface area (TPSA) is 54.5 Å². The number of benzene rings is 1. The Hall–Kier alpha value is -3.12. The summed E-state index contributed by atoms with van der Waals surface area (Å²) in [7, 11) is 0. The molecule has 0 radical (unpaired) electrons. The van der Waals surface area contributed by atoms with Crippen molar-refractivity contribution in [2.75, 3.05) is 0 Å². The van der Waals surface area contributed by atoms with Gasteiger partial charge in [0.15, 0.2) is 11.3 Å². The fourth-order valence-corrected chi connectivity index (χ4v) is 2.59. The first-order valence-electron chi connectivity index (χ1n) is 7.95. The van der Waals surface area contributed by atoms with E-state index in [1.165, 1.54) is 0 Å². The summed E-state index contributed by atoms with van der Waals surface area (Å²) in [6.07, 6.45) is -10.5. The van der Waals surface area contributed by atoms with E-state index in [1.54, 1.807) is 0 Å². The maximum Gasteiger partial charge on any atom is 0.451 e. The lowest BCUT2D eigenvalue weighted by molar-refractivity contribution is -0.151. The number of allylic oxidation sites excluding steroid dienone is 1. The maximum atomic E-state index is 14.4. The zero-order valence-corrected chi connectivity index (χ0v) is 14.5. The number of hydrogen-bond acceptors (Lipinski definition) is 3. The minimum absolute atomic E-state index is 0.448. The molecule has 0 saturated heterocycles.